The number of carbonyl (C=O) groups is 1. The molecule has 3 aromatic rings. The number of benzene rings is 2. The van der Waals surface area contributed by atoms with Crippen molar-refractivity contribution in [2.45, 2.75) is 37.8 Å². The van der Waals surface area contributed by atoms with Crippen LogP contribution in [0.5, 0.6) is 5.75 Å². The molecule has 0 radical (unpaired) electrons. The number of nitrogens with one attached hydrogen (secondary N) is 1. The van der Waals surface area contributed by atoms with Gasteiger partial charge in [-0.05, 0) is 43.3 Å². The van der Waals surface area contributed by atoms with E-state index < -0.39 is 24.3 Å². The lowest BCUT2D eigenvalue weighted by Gasteiger charge is -2.43. The number of anilines is 3. The molecule has 0 bridgehead atoms. The number of alkyl halides is 1. The predicted octanol–water partition coefficient (Wildman–Crippen LogP) is 3.03. The van der Waals surface area contributed by atoms with Crippen molar-refractivity contribution >= 4 is 34.8 Å². The average Bonchev–Trinajstić information content (AvgIpc) is 3.01. The maximum absolute atomic E-state index is 14.9. The lowest BCUT2D eigenvalue weighted by atomic mass is 10.0. The average molecular weight is 637 g/mol. The number of aliphatic hydroxyl groups excluding tert-OH is 1. The van der Waals surface area contributed by atoms with Crippen molar-refractivity contribution in [1.29, 1.82) is 5.26 Å². The molecule has 236 valence electrons. The zero-order valence-electron chi connectivity index (χ0n) is 24.8. The van der Waals surface area contributed by atoms with Crippen LogP contribution >= 0.6 is 11.6 Å². The van der Waals surface area contributed by atoms with Crippen molar-refractivity contribution in [2.24, 2.45) is 0 Å². The van der Waals surface area contributed by atoms with Gasteiger partial charge in [0, 0.05) is 50.4 Å². The van der Waals surface area contributed by atoms with Gasteiger partial charge in [0.1, 0.15) is 30.4 Å². The molecule has 2 N–H and O–H groups in total. The minimum absolute atomic E-state index is 0.184. The van der Waals surface area contributed by atoms with E-state index in [-0.39, 0.29) is 30.8 Å². The Hall–Kier alpha value is -4.09. The number of hydrogen-bond donors (Lipinski definition) is 2. The normalized spacial score (nSPS) is 21.5. The molecule has 3 saturated heterocycles. The Labute approximate surface area is 265 Å². The first-order valence-electron chi connectivity index (χ1n) is 14.9. The number of ether oxygens (including phenoxy) is 2. The summed E-state index contributed by atoms with van der Waals surface area (Å²) in [5.41, 5.74) is 2.45. The molecule has 1 amide bonds. The van der Waals surface area contributed by atoms with E-state index in [4.69, 9.17) is 21.1 Å². The summed E-state index contributed by atoms with van der Waals surface area (Å²) in [5.74, 6) is 0.345. The van der Waals surface area contributed by atoms with Crippen molar-refractivity contribution in [2.75, 3.05) is 62.7 Å². The number of amides is 1. The Bertz CT molecular complexity index is 1580. The number of aliphatic hydroxyl groups is 1. The second-order valence-electron chi connectivity index (χ2n) is 11.4. The second-order valence-corrected chi connectivity index (χ2v) is 11.8. The number of nitrogens with zero attached hydrogens (tertiary/aromatic N) is 7. The van der Waals surface area contributed by atoms with E-state index in [1.54, 1.807) is 18.2 Å². The lowest BCUT2D eigenvalue weighted by Crippen LogP contribution is -2.56. The van der Waals surface area contributed by atoms with Crippen LogP contribution in [-0.4, -0.2) is 113 Å². The Morgan fingerprint density at radius 2 is 1.98 bits per heavy atom. The monoisotopic (exact) mass is 636 g/mol. The molecule has 4 heterocycles. The van der Waals surface area contributed by atoms with Crippen LogP contribution < -0.4 is 15.0 Å². The number of aromatic nitrogens is 3. The fraction of sp³-hybridized carbons (Fsp3) is 0.452. The second kappa shape index (κ2) is 13.5. The predicted molar refractivity (Wildman–Crippen MR) is 165 cm³/mol. The molecule has 2 aromatic carbocycles. The number of piperazine rings is 1. The Morgan fingerprint density at radius 1 is 1.18 bits per heavy atom. The van der Waals surface area contributed by atoms with Crippen LogP contribution in [0.1, 0.15) is 18.9 Å². The highest BCUT2D eigenvalue weighted by Crippen LogP contribution is 2.32. The van der Waals surface area contributed by atoms with E-state index in [2.05, 4.69) is 36.1 Å². The van der Waals surface area contributed by atoms with Gasteiger partial charge in [-0.2, -0.15) is 10.2 Å². The maximum Gasteiger partial charge on any atom is 0.251 e. The molecular formula is C31H34ClFN8O4. The SMILES string of the molecule is C[C@H](O)C(=O)N1CCC(Oc2ccc(-c3ncnc(Nc4ccc(N5CCN(C6COC6)CC5)c(Cl)c4)n3)cc2C#N)[C@H](F)C1. The third-order valence-corrected chi connectivity index (χ3v) is 8.66. The Balaban J connectivity index is 1.09. The van der Waals surface area contributed by atoms with Gasteiger partial charge >= 0.3 is 0 Å². The molecule has 0 saturated carbocycles. The van der Waals surface area contributed by atoms with Crippen molar-refractivity contribution < 1.29 is 23.8 Å². The van der Waals surface area contributed by atoms with Crippen molar-refractivity contribution in [1.82, 2.24) is 24.8 Å². The fourth-order valence-electron chi connectivity index (χ4n) is 5.73. The summed E-state index contributed by atoms with van der Waals surface area (Å²) in [6, 6.07) is 13.3. The lowest BCUT2D eigenvalue weighted by molar-refractivity contribution is -0.143. The zero-order valence-corrected chi connectivity index (χ0v) is 25.5. The summed E-state index contributed by atoms with van der Waals surface area (Å²) in [6.45, 7) is 6.79. The number of nitriles is 1. The maximum atomic E-state index is 14.9. The molecule has 3 aliphatic heterocycles. The van der Waals surface area contributed by atoms with E-state index in [0.29, 0.717) is 28.4 Å². The molecule has 3 aliphatic rings. The Morgan fingerprint density at radius 3 is 2.64 bits per heavy atom. The van der Waals surface area contributed by atoms with Gasteiger partial charge in [0.25, 0.3) is 5.91 Å². The van der Waals surface area contributed by atoms with Crippen LogP contribution in [0.15, 0.2) is 42.7 Å². The third-order valence-electron chi connectivity index (χ3n) is 8.35. The molecule has 12 nitrogen and oxygen atoms in total. The summed E-state index contributed by atoms with van der Waals surface area (Å²) in [6.07, 6.45) is -1.89. The van der Waals surface area contributed by atoms with E-state index in [1.165, 1.54) is 18.2 Å². The summed E-state index contributed by atoms with van der Waals surface area (Å²) in [4.78, 5) is 31.1. The quantitative estimate of drug-likeness (QED) is 0.377. The smallest absolute Gasteiger partial charge is 0.251 e. The first-order valence-corrected chi connectivity index (χ1v) is 15.3. The molecular weight excluding hydrogens is 603 g/mol. The van der Waals surface area contributed by atoms with Crippen molar-refractivity contribution in [3.8, 4) is 23.2 Å². The van der Waals surface area contributed by atoms with Gasteiger partial charge in [0.05, 0.1) is 42.1 Å². The number of halogens is 2. The molecule has 3 atom stereocenters. The van der Waals surface area contributed by atoms with Gasteiger partial charge in [-0.15, -0.1) is 0 Å². The molecule has 1 unspecified atom stereocenters. The molecule has 3 fully saturated rings. The molecule has 6 rings (SSSR count). The van der Waals surface area contributed by atoms with Gasteiger partial charge in [0.15, 0.2) is 12.0 Å². The highest BCUT2D eigenvalue weighted by molar-refractivity contribution is 6.33. The topological polar surface area (TPSA) is 140 Å². The minimum atomic E-state index is -1.47. The van der Waals surface area contributed by atoms with Gasteiger partial charge in [-0.3, -0.25) is 9.69 Å². The first-order chi connectivity index (χ1) is 21.8. The van der Waals surface area contributed by atoms with Crippen molar-refractivity contribution in [3.63, 3.8) is 0 Å². The number of piperidine rings is 1. The number of rotatable bonds is 8. The minimum Gasteiger partial charge on any atom is -0.486 e. The van der Waals surface area contributed by atoms with Crippen LogP contribution in [0.4, 0.5) is 21.7 Å². The standard InChI is InChI=1S/C31H34ClFN8O4/c1-19(42)30(43)41-7-6-28(25(33)15-41)45-27-5-2-20(12-21(27)14-34)29-35-18-36-31(38-29)37-22-3-4-26(24(32)13-22)40-10-8-39(9-11-40)23-16-44-17-23/h2-5,12-13,18-19,23,25,28,42H,6-11,15-17H2,1H3,(H,35,36,37,38)/t19-,25+,28?/m0/s1. The molecule has 0 aliphatic carbocycles. The largest absolute Gasteiger partial charge is 0.486 e. The summed E-state index contributed by atoms with van der Waals surface area (Å²) in [7, 11) is 0. The first kappa shape index (κ1) is 30.9. The Kier molecular flexibility index (Phi) is 9.27. The molecule has 0 spiro atoms. The molecule has 1 aromatic heterocycles. The highest BCUT2D eigenvalue weighted by Gasteiger charge is 2.34. The van der Waals surface area contributed by atoms with Gasteiger partial charge in [-0.1, -0.05) is 11.6 Å². The summed E-state index contributed by atoms with van der Waals surface area (Å²) >= 11 is 6.69. The summed E-state index contributed by atoms with van der Waals surface area (Å²) < 4.78 is 26.1. The number of carbonyl (C=O) groups excluding carboxylic acids is 1. The van der Waals surface area contributed by atoms with E-state index in [0.717, 1.165) is 50.8 Å². The van der Waals surface area contributed by atoms with E-state index >= 15 is 0 Å². The van der Waals surface area contributed by atoms with Crippen LogP contribution in [0.3, 0.4) is 0 Å². The fourth-order valence-corrected chi connectivity index (χ4v) is 6.03. The van der Waals surface area contributed by atoms with Crippen LogP contribution in [0.25, 0.3) is 11.4 Å². The van der Waals surface area contributed by atoms with Gasteiger partial charge in [-0.25, -0.2) is 14.4 Å². The zero-order chi connectivity index (χ0) is 31.5. The van der Waals surface area contributed by atoms with Crippen LogP contribution in [0.2, 0.25) is 5.02 Å². The van der Waals surface area contributed by atoms with E-state index in [1.807, 2.05) is 18.2 Å². The molecule has 45 heavy (non-hydrogen) atoms. The van der Waals surface area contributed by atoms with Gasteiger partial charge in [0.2, 0.25) is 5.95 Å². The van der Waals surface area contributed by atoms with Gasteiger partial charge < -0.3 is 29.7 Å². The number of hydrogen-bond acceptors (Lipinski definition) is 11. The van der Waals surface area contributed by atoms with Crippen LogP contribution in [-0.2, 0) is 9.53 Å². The van der Waals surface area contributed by atoms with E-state index in [9.17, 15) is 19.6 Å². The number of likely N-dealkylation sites (tertiary alicyclic amines) is 1. The highest BCUT2D eigenvalue weighted by atomic mass is 35.5. The van der Waals surface area contributed by atoms with Crippen LogP contribution in [0, 0.1) is 11.3 Å². The third kappa shape index (κ3) is 6.94. The summed E-state index contributed by atoms with van der Waals surface area (Å²) in [5, 5.41) is 23.1. The molecule has 14 heteroatoms. The van der Waals surface area contributed by atoms with Crippen molar-refractivity contribution in [3.05, 3.63) is 53.3 Å².